The molecule has 3 aromatic rings. The Kier molecular flexibility index (Phi) is 3.53. The number of H-pyrrole nitrogens is 1. The van der Waals surface area contributed by atoms with Crippen molar-refractivity contribution in [2.45, 2.75) is 25.6 Å². The lowest BCUT2D eigenvalue weighted by molar-refractivity contribution is -0.0328. The van der Waals surface area contributed by atoms with E-state index in [9.17, 15) is 5.11 Å². The van der Waals surface area contributed by atoms with Gasteiger partial charge >= 0.3 is 0 Å². The van der Waals surface area contributed by atoms with Crippen LogP contribution in [0.25, 0.3) is 11.0 Å². The van der Waals surface area contributed by atoms with E-state index in [4.69, 9.17) is 17.3 Å². The number of nitrogen functional groups attached to an aromatic ring is 1. The predicted octanol–water partition coefficient (Wildman–Crippen LogP) is 2.87. The second kappa shape index (κ2) is 5.45. The molecule has 6 nitrogen and oxygen atoms in total. The van der Waals surface area contributed by atoms with E-state index in [2.05, 4.69) is 21.9 Å². The van der Waals surface area contributed by atoms with Crippen LogP contribution in [-0.4, -0.2) is 31.5 Å². The molecule has 3 heterocycles. The van der Waals surface area contributed by atoms with Crippen molar-refractivity contribution in [1.29, 1.82) is 0 Å². The zero-order valence-electron chi connectivity index (χ0n) is 12.5. The summed E-state index contributed by atoms with van der Waals surface area (Å²) < 4.78 is 0. The van der Waals surface area contributed by atoms with Crippen molar-refractivity contribution in [2.24, 2.45) is 0 Å². The summed E-state index contributed by atoms with van der Waals surface area (Å²) in [5.74, 6) is 0.501. The third-order valence-corrected chi connectivity index (χ3v) is 5.67. The number of hydrogen-bond donors (Lipinski definition) is 3. The van der Waals surface area contributed by atoms with Gasteiger partial charge in [0, 0.05) is 23.9 Å². The van der Waals surface area contributed by atoms with E-state index >= 15 is 0 Å². The van der Waals surface area contributed by atoms with Crippen LogP contribution in [0.2, 0.25) is 5.02 Å². The van der Waals surface area contributed by atoms with Gasteiger partial charge in [0.05, 0.1) is 16.2 Å². The molecule has 0 saturated heterocycles. The summed E-state index contributed by atoms with van der Waals surface area (Å²) in [6, 6.07) is 5.57. The number of fused-ring (bicyclic) bond motifs is 2. The van der Waals surface area contributed by atoms with Crippen molar-refractivity contribution in [1.82, 2.24) is 19.9 Å². The number of hydrogen-bond acceptors (Lipinski definition) is 6. The smallest absolute Gasteiger partial charge is 0.180 e. The van der Waals surface area contributed by atoms with Crippen LogP contribution in [0.4, 0.5) is 5.13 Å². The van der Waals surface area contributed by atoms with Gasteiger partial charge in [0.2, 0.25) is 0 Å². The zero-order chi connectivity index (χ0) is 16.1. The quantitative estimate of drug-likeness (QED) is 0.661. The topological polar surface area (TPSA) is 91.1 Å². The average Bonchev–Trinajstić information content (AvgIpc) is 3.11. The van der Waals surface area contributed by atoms with Crippen LogP contribution in [0.3, 0.4) is 0 Å². The Balaban J connectivity index is 1.68. The standard InChI is InChI=1S/C15H16ClN5OS/c1-7-12-10(19-15(17)23-12)5-6-21(7)14(22)13-18-9-4-2-3-8(16)11(9)20-13/h2-4,7,14,22H,5-6H2,1H3,(H2,17,19)(H,18,20)/t7-,14?/m1/s1. The maximum Gasteiger partial charge on any atom is 0.180 e. The molecule has 0 aliphatic carbocycles. The summed E-state index contributed by atoms with van der Waals surface area (Å²) in [5.41, 5.74) is 8.35. The van der Waals surface area contributed by atoms with Crippen molar-refractivity contribution in [3.05, 3.63) is 39.6 Å². The summed E-state index contributed by atoms with van der Waals surface area (Å²) >= 11 is 7.65. The fourth-order valence-corrected chi connectivity index (χ4v) is 4.27. The SMILES string of the molecule is C[C@@H]1c2sc(N)nc2CCN1C(O)c1nc2c(Cl)cccc2[nH]1. The highest BCUT2D eigenvalue weighted by Gasteiger charge is 2.33. The molecule has 0 bridgehead atoms. The van der Waals surface area contributed by atoms with Crippen molar-refractivity contribution < 1.29 is 5.11 Å². The number of benzene rings is 1. The number of nitrogens with two attached hydrogens (primary N) is 1. The van der Waals surface area contributed by atoms with E-state index in [0.717, 1.165) is 22.5 Å². The van der Waals surface area contributed by atoms with Crippen LogP contribution >= 0.6 is 22.9 Å². The van der Waals surface area contributed by atoms with E-state index in [1.54, 1.807) is 6.07 Å². The third kappa shape index (κ3) is 2.40. The lowest BCUT2D eigenvalue weighted by Crippen LogP contribution is -2.37. The minimum absolute atomic E-state index is 0.0345. The van der Waals surface area contributed by atoms with Gasteiger partial charge in [-0.3, -0.25) is 4.90 Å². The Hall–Kier alpha value is -1.67. The Morgan fingerprint density at radius 3 is 3.09 bits per heavy atom. The highest BCUT2D eigenvalue weighted by molar-refractivity contribution is 7.15. The molecule has 4 rings (SSSR count). The molecule has 23 heavy (non-hydrogen) atoms. The number of aromatic amines is 1. The third-order valence-electron chi connectivity index (χ3n) is 4.27. The molecule has 0 amide bonds. The lowest BCUT2D eigenvalue weighted by Gasteiger charge is -2.35. The second-order valence-electron chi connectivity index (χ2n) is 5.66. The molecule has 0 fully saturated rings. The molecule has 1 unspecified atom stereocenters. The average molecular weight is 350 g/mol. The number of imidazole rings is 1. The fourth-order valence-electron chi connectivity index (χ4n) is 3.10. The molecule has 0 saturated carbocycles. The van der Waals surface area contributed by atoms with E-state index in [1.165, 1.54) is 11.3 Å². The number of anilines is 1. The molecule has 0 radical (unpaired) electrons. The molecule has 1 aliphatic heterocycles. The number of halogens is 1. The molecule has 2 aromatic heterocycles. The van der Waals surface area contributed by atoms with E-state index in [-0.39, 0.29) is 6.04 Å². The number of nitrogens with zero attached hydrogens (tertiary/aromatic N) is 3. The van der Waals surface area contributed by atoms with Crippen LogP contribution in [0.1, 0.15) is 35.6 Å². The number of para-hydroxylation sites is 1. The number of nitrogens with one attached hydrogen (secondary N) is 1. The number of aliphatic hydroxyl groups excluding tert-OH is 1. The van der Waals surface area contributed by atoms with Gasteiger partial charge in [-0.05, 0) is 19.1 Å². The first-order valence-electron chi connectivity index (χ1n) is 7.37. The second-order valence-corrected chi connectivity index (χ2v) is 7.13. The summed E-state index contributed by atoms with van der Waals surface area (Å²) in [6.45, 7) is 2.75. The van der Waals surface area contributed by atoms with Gasteiger partial charge in [-0.2, -0.15) is 0 Å². The number of aromatic nitrogens is 3. The Morgan fingerprint density at radius 2 is 2.30 bits per heavy atom. The Labute approximate surface area is 141 Å². The van der Waals surface area contributed by atoms with Crippen LogP contribution < -0.4 is 5.73 Å². The first-order chi connectivity index (χ1) is 11.0. The van der Waals surface area contributed by atoms with Crippen molar-refractivity contribution in [2.75, 3.05) is 12.3 Å². The first kappa shape index (κ1) is 14.9. The highest BCUT2D eigenvalue weighted by Crippen LogP contribution is 2.38. The zero-order valence-corrected chi connectivity index (χ0v) is 14.0. The number of rotatable bonds is 2. The van der Waals surface area contributed by atoms with Crippen molar-refractivity contribution in [3.8, 4) is 0 Å². The van der Waals surface area contributed by atoms with E-state index in [1.807, 2.05) is 17.0 Å². The molecule has 1 aromatic carbocycles. The fraction of sp³-hybridized carbons (Fsp3) is 0.333. The van der Waals surface area contributed by atoms with E-state index < -0.39 is 6.23 Å². The summed E-state index contributed by atoms with van der Waals surface area (Å²) in [6.07, 6.45) is -0.0595. The first-order valence-corrected chi connectivity index (χ1v) is 8.57. The minimum atomic E-state index is -0.829. The number of aliphatic hydroxyl groups is 1. The molecule has 1 aliphatic rings. The van der Waals surface area contributed by atoms with Crippen LogP contribution in [0, 0.1) is 0 Å². The summed E-state index contributed by atoms with van der Waals surface area (Å²) in [7, 11) is 0. The highest BCUT2D eigenvalue weighted by atomic mass is 35.5. The summed E-state index contributed by atoms with van der Waals surface area (Å²) in [4.78, 5) is 15.1. The molecule has 2 atom stereocenters. The van der Waals surface area contributed by atoms with Gasteiger partial charge in [-0.15, -0.1) is 11.3 Å². The predicted molar refractivity (Wildman–Crippen MR) is 91.4 cm³/mol. The van der Waals surface area contributed by atoms with Crippen LogP contribution in [-0.2, 0) is 6.42 Å². The van der Waals surface area contributed by atoms with Crippen molar-refractivity contribution in [3.63, 3.8) is 0 Å². The maximum absolute atomic E-state index is 10.8. The summed E-state index contributed by atoms with van der Waals surface area (Å²) in [5, 5.41) is 11.9. The largest absolute Gasteiger partial charge is 0.375 e. The van der Waals surface area contributed by atoms with Gasteiger partial charge in [-0.25, -0.2) is 9.97 Å². The van der Waals surface area contributed by atoms with Gasteiger partial charge in [-0.1, -0.05) is 17.7 Å². The van der Waals surface area contributed by atoms with Crippen molar-refractivity contribution >= 4 is 39.1 Å². The molecular weight excluding hydrogens is 334 g/mol. The van der Waals surface area contributed by atoms with Crippen LogP contribution in [0.5, 0.6) is 0 Å². The molecule has 4 N–H and O–H groups in total. The number of thiazole rings is 1. The molecule has 120 valence electrons. The van der Waals surface area contributed by atoms with E-state index in [0.29, 0.717) is 28.0 Å². The normalized spacial score (nSPS) is 19.9. The molecule has 0 spiro atoms. The molecule has 8 heteroatoms. The maximum atomic E-state index is 10.8. The molecular formula is C15H16ClN5OS. The minimum Gasteiger partial charge on any atom is -0.375 e. The van der Waals surface area contributed by atoms with Crippen LogP contribution in [0.15, 0.2) is 18.2 Å². The van der Waals surface area contributed by atoms with Gasteiger partial charge in [0.1, 0.15) is 5.52 Å². The lowest BCUT2D eigenvalue weighted by atomic mass is 10.1. The van der Waals surface area contributed by atoms with Gasteiger partial charge in [0.25, 0.3) is 0 Å². The van der Waals surface area contributed by atoms with Gasteiger partial charge in [0.15, 0.2) is 17.2 Å². The monoisotopic (exact) mass is 349 g/mol. The Bertz CT molecular complexity index is 876. The Morgan fingerprint density at radius 1 is 1.48 bits per heavy atom. The van der Waals surface area contributed by atoms with Gasteiger partial charge < -0.3 is 15.8 Å².